The molecule has 1 atom stereocenters. The van der Waals surface area contributed by atoms with Crippen molar-refractivity contribution < 1.29 is 32.6 Å². The zero-order valence-corrected chi connectivity index (χ0v) is 24.8. The van der Waals surface area contributed by atoms with Gasteiger partial charge in [-0.15, -0.1) is 0 Å². The van der Waals surface area contributed by atoms with E-state index in [-0.39, 0.29) is 11.9 Å². The highest BCUT2D eigenvalue weighted by Gasteiger charge is 2.38. The van der Waals surface area contributed by atoms with E-state index in [0.29, 0.717) is 22.2 Å². The average Bonchev–Trinajstić information content (AvgIpc) is 3.42. The van der Waals surface area contributed by atoms with Crippen molar-refractivity contribution in [2.75, 3.05) is 52.4 Å². The molecular formula is C30H33Cl2F3N4O4. The van der Waals surface area contributed by atoms with Gasteiger partial charge in [0.2, 0.25) is 0 Å². The second-order valence-corrected chi connectivity index (χ2v) is 11.1. The number of benzene rings is 3. The van der Waals surface area contributed by atoms with E-state index < -0.39 is 12.1 Å². The molecule has 0 bridgehead atoms. The van der Waals surface area contributed by atoms with Gasteiger partial charge in [-0.3, -0.25) is 14.6 Å². The quantitative estimate of drug-likeness (QED) is 0.317. The number of fused-ring (bicyclic) bond motifs is 1. The highest BCUT2D eigenvalue weighted by atomic mass is 35.5. The maximum Gasteiger partial charge on any atom is 0.490 e. The zero-order chi connectivity index (χ0) is 31.0. The Morgan fingerprint density at radius 1 is 0.977 bits per heavy atom. The number of rotatable bonds is 8. The molecule has 0 aliphatic carbocycles. The molecule has 2 fully saturated rings. The highest BCUT2D eigenvalue weighted by molar-refractivity contribution is 6.42. The molecule has 2 aliphatic rings. The monoisotopic (exact) mass is 640 g/mol. The predicted octanol–water partition coefficient (Wildman–Crippen LogP) is 5.07. The standard InChI is InChI=1S/C28H32Cl2N4O2.C2HF3O2/c29-25-7-5-20(17-26(25)30)28(35)32-22-9-12-34(19-22)18-21-6-8-27(24-4-2-1-3-23(21)24)36-16-15-33-13-10-31-11-14-33;3-2(4,5)1(6)7/h1-8,17,22,31H,9-16,18-19H2,(H,32,35);(H,6,7)/t22-;/m0./s1. The van der Waals surface area contributed by atoms with Gasteiger partial charge in [0, 0.05) is 69.3 Å². The molecule has 0 unspecified atom stereocenters. The van der Waals surface area contributed by atoms with Gasteiger partial charge >= 0.3 is 12.1 Å². The second-order valence-electron chi connectivity index (χ2n) is 10.3. The summed E-state index contributed by atoms with van der Waals surface area (Å²) in [6, 6.07) is 17.8. The van der Waals surface area contributed by atoms with E-state index in [2.05, 4.69) is 56.8 Å². The van der Waals surface area contributed by atoms with Crippen LogP contribution in [-0.4, -0.2) is 91.4 Å². The van der Waals surface area contributed by atoms with Gasteiger partial charge in [0.15, 0.2) is 0 Å². The number of likely N-dealkylation sites (tertiary alicyclic amines) is 1. The van der Waals surface area contributed by atoms with Crippen molar-refractivity contribution in [2.45, 2.75) is 25.2 Å². The molecule has 3 aromatic carbocycles. The lowest BCUT2D eigenvalue weighted by Gasteiger charge is -2.27. The maximum absolute atomic E-state index is 12.7. The molecular weight excluding hydrogens is 608 g/mol. The van der Waals surface area contributed by atoms with E-state index in [9.17, 15) is 18.0 Å². The summed E-state index contributed by atoms with van der Waals surface area (Å²) in [5.74, 6) is -1.93. The molecule has 0 aromatic heterocycles. The third-order valence-corrected chi connectivity index (χ3v) is 8.01. The predicted molar refractivity (Wildman–Crippen MR) is 160 cm³/mol. The Hall–Kier alpha value is -3.09. The zero-order valence-electron chi connectivity index (χ0n) is 23.3. The SMILES string of the molecule is O=C(N[C@H]1CCN(Cc2ccc(OCCN3CCNCC3)c3ccccc23)C1)c1ccc(Cl)c(Cl)c1.O=C(O)C(F)(F)F. The molecule has 0 saturated carbocycles. The summed E-state index contributed by atoms with van der Waals surface area (Å²) in [5, 5.41) is 16.9. The van der Waals surface area contributed by atoms with Crippen LogP contribution >= 0.6 is 23.2 Å². The van der Waals surface area contributed by atoms with Crippen molar-refractivity contribution in [1.29, 1.82) is 0 Å². The Morgan fingerprint density at radius 2 is 1.67 bits per heavy atom. The summed E-state index contributed by atoms with van der Waals surface area (Å²) in [5.41, 5.74) is 1.80. The van der Waals surface area contributed by atoms with E-state index in [1.165, 1.54) is 10.9 Å². The second kappa shape index (κ2) is 15.1. The van der Waals surface area contributed by atoms with E-state index in [1.807, 2.05) is 0 Å². The molecule has 5 rings (SSSR count). The van der Waals surface area contributed by atoms with E-state index >= 15 is 0 Å². The van der Waals surface area contributed by atoms with Crippen molar-refractivity contribution >= 4 is 45.9 Å². The number of aliphatic carboxylic acids is 1. The molecule has 1 amide bonds. The fourth-order valence-corrected chi connectivity index (χ4v) is 5.36. The Bertz CT molecular complexity index is 1420. The van der Waals surface area contributed by atoms with Gasteiger partial charge in [0.05, 0.1) is 10.0 Å². The lowest BCUT2D eigenvalue weighted by molar-refractivity contribution is -0.192. The Balaban J connectivity index is 0.000000541. The number of halogens is 5. The van der Waals surface area contributed by atoms with Gasteiger partial charge in [-0.25, -0.2) is 4.79 Å². The largest absolute Gasteiger partial charge is 0.492 e. The first kappa shape index (κ1) is 32.8. The number of hydrogen-bond acceptors (Lipinski definition) is 6. The number of amides is 1. The number of ether oxygens (including phenoxy) is 1. The summed E-state index contributed by atoms with van der Waals surface area (Å²) < 4.78 is 38.0. The third kappa shape index (κ3) is 9.45. The van der Waals surface area contributed by atoms with Crippen molar-refractivity contribution in [3.63, 3.8) is 0 Å². The fourth-order valence-electron chi connectivity index (χ4n) is 5.06. The minimum Gasteiger partial charge on any atom is -0.492 e. The van der Waals surface area contributed by atoms with Crippen molar-refractivity contribution in [2.24, 2.45) is 0 Å². The number of carboxylic acid groups (broad SMARTS) is 1. The lowest BCUT2D eigenvalue weighted by Crippen LogP contribution is -2.44. The van der Waals surface area contributed by atoms with Gasteiger partial charge in [0.25, 0.3) is 5.91 Å². The van der Waals surface area contributed by atoms with E-state index in [0.717, 1.165) is 69.9 Å². The van der Waals surface area contributed by atoms with Crippen LogP contribution in [0, 0.1) is 0 Å². The van der Waals surface area contributed by atoms with E-state index in [4.69, 9.17) is 37.8 Å². The number of carbonyl (C=O) groups excluding carboxylic acids is 1. The molecule has 2 saturated heterocycles. The molecule has 0 radical (unpaired) electrons. The van der Waals surface area contributed by atoms with Crippen LogP contribution in [-0.2, 0) is 11.3 Å². The van der Waals surface area contributed by atoms with Gasteiger partial charge in [-0.2, -0.15) is 13.2 Å². The summed E-state index contributed by atoms with van der Waals surface area (Å²) >= 11 is 12.1. The van der Waals surface area contributed by atoms with Gasteiger partial charge < -0.3 is 20.5 Å². The third-order valence-electron chi connectivity index (χ3n) is 7.27. The Labute approximate surface area is 257 Å². The van der Waals surface area contributed by atoms with Crippen LogP contribution in [0.1, 0.15) is 22.3 Å². The highest BCUT2D eigenvalue weighted by Crippen LogP contribution is 2.30. The molecule has 43 heavy (non-hydrogen) atoms. The van der Waals surface area contributed by atoms with Crippen LogP contribution in [0.2, 0.25) is 10.0 Å². The van der Waals surface area contributed by atoms with Gasteiger partial charge in [-0.05, 0) is 41.6 Å². The summed E-state index contributed by atoms with van der Waals surface area (Å²) in [7, 11) is 0. The fraction of sp³-hybridized carbons (Fsp3) is 0.400. The number of piperazine rings is 1. The summed E-state index contributed by atoms with van der Waals surface area (Å²) in [6.07, 6.45) is -4.17. The number of nitrogens with zero attached hydrogens (tertiary/aromatic N) is 2. The van der Waals surface area contributed by atoms with Crippen LogP contribution in [0.3, 0.4) is 0 Å². The van der Waals surface area contributed by atoms with Gasteiger partial charge in [-0.1, -0.05) is 53.5 Å². The Kier molecular flexibility index (Phi) is 11.5. The topological polar surface area (TPSA) is 94.1 Å². The first-order chi connectivity index (χ1) is 20.5. The lowest BCUT2D eigenvalue weighted by atomic mass is 10.0. The maximum atomic E-state index is 12.7. The molecule has 13 heteroatoms. The number of carboxylic acids is 1. The van der Waals surface area contributed by atoms with Crippen molar-refractivity contribution in [3.8, 4) is 5.75 Å². The molecule has 8 nitrogen and oxygen atoms in total. The normalized spacial score (nSPS) is 17.7. The van der Waals surface area contributed by atoms with Crippen LogP contribution in [0.5, 0.6) is 5.75 Å². The smallest absolute Gasteiger partial charge is 0.490 e. The number of hydrogen-bond donors (Lipinski definition) is 3. The molecule has 0 spiro atoms. The van der Waals surface area contributed by atoms with Crippen molar-refractivity contribution in [1.82, 2.24) is 20.4 Å². The minimum absolute atomic E-state index is 0.103. The van der Waals surface area contributed by atoms with Crippen LogP contribution in [0.4, 0.5) is 13.2 Å². The van der Waals surface area contributed by atoms with E-state index in [1.54, 1.807) is 18.2 Å². The Morgan fingerprint density at radius 3 is 2.35 bits per heavy atom. The number of carbonyl (C=O) groups is 2. The molecule has 3 N–H and O–H groups in total. The molecule has 2 aliphatic heterocycles. The van der Waals surface area contributed by atoms with Crippen molar-refractivity contribution in [3.05, 3.63) is 75.8 Å². The summed E-state index contributed by atoms with van der Waals surface area (Å²) in [6.45, 7) is 8.47. The van der Waals surface area contributed by atoms with Gasteiger partial charge in [0.1, 0.15) is 12.4 Å². The number of alkyl halides is 3. The first-order valence-corrected chi connectivity index (χ1v) is 14.6. The molecule has 2 heterocycles. The van der Waals surface area contributed by atoms with Crippen LogP contribution in [0.25, 0.3) is 10.8 Å². The summed E-state index contributed by atoms with van der Waals surface area (Å²) in [4.78, 5) is 26.4. The average molecular weight is 642 g/mol. The van der Waals surface area contributed by atoms with Crippen LogP contribution < -0.4 is 15.4 Å². The number of nitrogens with one attached hydrogen (secondary N) is 2. The van der Waals surface area contributed by atoms with Crippen LogP contribution in [0.15, 0.2) is 54.6 Å². The first-order valence-electron chi connectivity index (χ1n) is 13.9. The minimum atomic E-state index is -5.08. The molecule has 3 aromatic rings. The molecule has 232 valence electrons.